The second-order valence-corrected chi connectivity index (χ2v) is 4.08. The van der Waals surface area contributed by atoms with E-state index in [0.717, 1.165) is 23.0 Å². The molecule has 2 rings (SSSR count). The van der Waals surface area contributed by atoms with E-state index in [0.29, 0.717) is 5.88 Å². The number of imidazole rings is 1. The van der Waals surface area contributed by atoms with E-state index in [1.54, 1.807) is 0 Å². The first-order chi connectivity index (χ1) is 7.74. The Balaban J connectivity index is 2.40. The second kappa shape index (κ2) is 4.72. The third kappa shape index (κ3) is 2.13. The highest BCUT2D eigenvalue weighted by Crippen LogP contribution is 2.20. The van der Waals surface area contributed by atoms with Crippen molar-refractivity contribution in [1.82, 2.24) is 15.3 Å². The van der Waals surface area contributed by atoms with Gasteiger partial charge in [-0.2, -0.15) is 0 Å². The Morgan fingerprint density at radius 2 is 2.12 bits per heavy atom. The molecule has 0 saturated carbocycles. The minimum atomic E-state index is -0.175. The van der Waals surface area contributed by atoms with Gasteiger partial charge in [0.15, 0.2) is 0 Å². The molecule has 0 amide bonds. The van der Waals surface area contributed by atoms with Crippen molar-refractivity contribution >= 4 is 22.6 Å². The Hall–Kier alpha value is -1.26. The molecule has 0 fully saturated rings. The summed E-state index contributed by atoms with van der Waals surface area (Å²) < 4.78 is 0. The largest absolute Gasteiger partial charge is 0.323 e. The maximum absolute atomic E-state index is 11.1. The van der Waals surface area contributed by atoms with E-state index in [2.05, 4.69) is 15.3 Å². The first kappa shape index (κ1) is 11.2. The minimum absolute atomic E-state index is 0.175. The number of aromatic amines is 2. The smallest absolute Gasteiger partial charge is 0.313 e. The molecular weight excluding hydrogens is 226 g/mol. The summed E-state index contributed by atoms with van der Waals surface area (Å²) in [6, 6.07) is 6.10. The van der Waals surface area contributed by atoms with Gasteiger partial charge in [-0.1, -0.05) is 6.07 Å². The fourth-order valence-corrected chi connectivity index (χ4v) is 2.07. The Kier molecular flexibility index (Phi) is 3.31. The number of aromatic nitrogens is 2. The molecule has 0 aliphatic heterocycles. The Labute approximate surface area is 98.0 Å². The molecule has 4 nitrogen and oxygen atoms in total. The van der Waals surface area contributed by atoms with Crippen molar-refractivity contribution in [2.45, 2.75) is 12.5 Å². The van der Waals surface area contributed by atoms with Gasteiger partial charge in [0.05, 0.1) is 11.0 Å². The van der Waals surface area contributed by atoms with E-state index >= 15 is 0 Å². The lowest BCUT2D eigenvalue weighted by atomic mass is 10.0. The maximum atomic E-state index is 11.1. The average Bonchev–Trinajstić information content (AvgIpc) is 2.64. The number of benzene rings is 1. The Bertz CT molecular complexity index is 531. The molecule has 5 heteroatoms. The number of H-pyrrole nitrogens is 2. The van der Waals surface area contributed by atoms with Crippen molar-refractivity contribution in [2.24, 2.45) is 0 Å². The number of alkyl halides is 1. The van der Waals surface area contributed by atoms with Crippen LogP contribution in [0.3, 0.4) is 0 Å². The molecule has 0 aliphatic carbocycles. The Morgan fingerprint density at radius 1 is 1.38 bits per heavy atom. The summed E-state index contributed by atoms with van der Waals surface area (Å²) in [4.78, 5) is 16.6. The highest BCUT2D eigenvalue weighted by Gasteiger charge is 2.09. The van der Waals surface area contributed by atoms with Gasteiger partial charge in [-0.05, 0) is 31.2 Å². The zero-order chi connectivity index (χ0) is 11.5. The van der Waals surface area contributed by atoms with E-state index in [-0.39, 0.29) is 11.7 Å². The standard InChI is InChI=1S/C11H14ClN3O/c1-13-8(4-5-12)7-2-3-9-10(6-7)15-11(16)14-9/h2-3,6,8,13H,4-5H2,1H3,(H2,14,15,16). The molecule has 3 N–H and O–H groups in total. The number of hydrogen-bond donors (Lipinski definition) is 3. The van der Waals surface area contributed by atoms with Crippen LogP contribution < -0.4 is 11.0 Å². The third-order valence-corrected chi connectivity index (χ3v) is 2.91. The lowest BCUT2D eigenvalue weighted by Crippen LogP contribution is -2.16. The van der Waals surface area contributed by atoms with Gasteiger partial charge < -0.3 is 15.3 Å². The molecule has 0 radical (unpaired) electrons. The van der Waals surface area contributed by atoms with Crippen LogP contribution in [0.4, 0.5) is 0 Å². The fraction of sp³-hybridized carbons (Fsp3) is 0.364. The maximum Gasteiger partial charge on any atom is 0.323 e. The minimum Gasteiger partial charge on any atom is -0.313 e. The van der Waals surface area contributed by atoms with Crippen molar-refractivity contribution in [1.29, 1.82) is 0 Å². The van der Waals surface area contributed by atoms with E-state index in [9.17, 15) is 4.79 Å². The number of hydrogen-bond acceptors (Lipinski definition) is 2. The van der Waals surface area contributed by atoms with Gasteiger partial charge in [-0.25, -0.2) is 4.79 Å². The van der Waals surface area contributed by atoms with Crippen LogP contribution in [0.2, 0.25) is 0 Å². The van der Waals surface area contributed by atoms with Crippen LogP contribution in [0.1, 0.15) is 18.0 Å². The highest BCUT2D eigenvalue weighted by atomic mass is 35.5. The van der Waals surface area contributed by atoms with Gasteiger partial charge >= 0.3 is 5.69 Å². The van der Waals surface area contributed by atoms with Gasteiger partial charge in [-0.3, -0.25) is 0 Å². The van der Waals surface area contributed by atoms with Gasteiger partial charge in [0.2, 0.25) is 0 Å². The van der Waals surface area contributed by atoms with Crippen molar-refractivity contribution in [3.8, 4) is 0 Å². The molecular formula is C11H14ClN3O. The van der Waals surface area contributed by atoms with E-state index < -0.39 is 0 Å². The van der Waals surface area contributed by atoms with Gasteiger partial charge in [0, 0.05) is 11.9 Å². The molecule has 0 spiro atoms. The van der Waals surface area contributed by atoms with Crippen molar-refractivity contribution < 1.29 is 0 Å². The summed E-state index contributed by atoms with van der Waals surface area (Å²) >= 11 is 5.74. The summed E-state index contributed by atoms with van der Waals surface area (Å²) in [7, 11) is 1.90. The monoisotopic (exact) mass is 239 g/mol. The van der Waals surface area contributed by atoms with Crippen molar-refractivity contribution in [3.63, 3.8) is 0 Å². The molecule has 0 saturated heterocycles. The highest BCUT2D eigenvalue weighted by molar-refractivity contribution is 6.17. The van der Waals surface area contributed by atoms with Crippen LogP contribution in [-0.2, 0) is 0 Å². The predicted molar refractivity (Wildman–Crippen MR) is 66.1 cm³/mol. The normalized spacial score (nSPS) is 13.1. The zero-order valence-electron chi connectivity index (χ0n) is 9.01. The molecule has 1 aromatic heterocycles. The predicted octanol–water partition coefficient (Wildman–Crippen LogP) is 1.75. The molecule has 1 unspecified atom stereocenters. The number of halogens is 1. The molecule has 86 valence electrons. The fourth-order valence-electron chi connectivity index (χ4n) is 1.85. The van der Waals surface area contributed by atoms with Gasteiger partial charge in [-0.15, -0.1) is 11.6 Å². The SMILES string of the molecule is CNC(CCCl)c1ccc2[nH]c(=O)[nH]c2c1. The molecule has 1 heterocycles. The lowest BCUT2D eigenvalue weighted by Gasteiger charge is -2.14. The summed E-state index contributed by atoms with van der Waals surface area (Å²) in [6.07, 6.45) is 0.859. The first-order valence-electron chi connectivity index (χ1n) is 5.20. The van der Waals surface area contributed by atoms with E-state index in [1.807, 2.05) is 25.2 Å². The number of nitrogens with one attached hydrogen (secondary N) is 3. The summed E-state index contributed by atoms with van der Waals surface area (Å²) in [5.74, 6) is 0.604. The quantitative estimate of drug-likeness (QED) is 0.712. The van der Waals surface area contributed by atoms with E-state index in [4.69, 9.17) is 11.6 Å². The van der Waals surface area contributed by atoms with Crippen molar-refractivity contribution in [3.05, 3.63) is 34.2 Å². The first-order valence-corrected chi connectivity index (χ1v) is 5.73. The number of rotatable bonds is 4. The molecule has 1 atom stereocenters. The summed E-state index contributed by atoms with van der Waals surface area (Å²) in [5, 5.41) is 3.20. The van der Waals surface area contributed by atoms with Crippen molar-refractivity contribution in [2.75, 3.05) is 12.9 Å². The lowest BCUT2D eigenvalue weighted by molar-refractivity contribution is 0.580. The summed E-state index contributed by atoms with van der Waals surface area (Å²) in [6.45, 7) is 0. The van der Waals surface area contributed by atoms with Gasteiger partial charge in [0.25, 0.3) is 0 Å². The van der Waals surface area contributed by atoms with Crippen LogP contribution in [0.15, 0.2) is 23.0 Å². The Morgan fingerprint density at radius 3 is 2.81 bits per heavy atom. The van der Waals surface area contributed by atoms with Crippen LogP contribution >= 0.6 is 11.6 Å². The van der Waals surface area contributed by atoms with Crippen LogP contribution in [0, 0.1) is 0 Å². The van der Waals surface area contributed by atoms with Crippen LogP contribution in [0.5, 0.6) is 0 Å². The molecule has 0 bridgehead atoms. The second-order valence-electron chi connectivity index (χ2n) is 3.70. The molecule has 0 aliphatic rings. The molecule has 2 aromatic rings. The topological polar surface area (TPSA) is 60.7 Å². The van der Waals surface area contributed by atoms with E-state index in [1.165, 1.54) is 0 Å². The van der Waals surface area contributed by atoms with Crippen LogP contribution in [-0.4, -0.2) is 22.9 Å². The van der Waals surface area contributed by atoms with Gasteiger partial charge in [0.1, 0.15) is 0 Å². The molecule has 1 aromatic carbocycles. The third-order valence-electron chi connectivity index (χ3n) is 2.69. The number of fused-ring (bicyclic) bond motifs is 1. The van der Waals surface area contributed by atoms with Crippen LogP contribution in [0.25, 0.3) is 11.0 Å². The molecule has 16 heavy (non-hydrogen) atoms. The average molecular weight is 240 g/mol. The zero-order valence-corrected chi connectivity index (χ0v) is 9.77. The summed E-state index contributed by atoms with van der Waals surface area (Å²) in [5.41, 5.74) is 2.61.